The standard InChI is InChI=1S/C23H22BrN3O3/c1-15-5-3-6-17(11-15)14-27-10-4-7-19(23(27)30)22(29)25-13-21(28)26-20-9-8-18(24)12-16(20)2/h3-12H,13-14H2,1-2H3,(H,25,29)(H,26,28). The molecule has 0 aliphatic heterocycles. The van der Waals surface area contributed by atoms with E-state index in [1.165, 1.54) is 10.6 Å². The Bertz CT molecular complexity index is 1150. The number of carbonyl (C=O) groups is 2. The summed E-state index contributed by atoms with van der Waals surface area (Å²) in [6, 6.07) is 16.4. The van der Waals surface area contributed by atoms with Gasteiger partial charge < -0.3 is 15.2 Å². The SMILES string of the molecule is Cc1cccc(Cn2cccc(C(=O)NCC(=O)Nc3ccc(Br)cc3C)c2=O)c1. The van der Waals surface area contributed by atoms with E-state index in [1.807, 2.05) is 50.2 Å². The second-order valence-electron chi connectivity index (χ2n) is 7.03. The lowest BCUT2D eigenvalue weighted by Crippen LogP contribution is -2.37. The summed E-state index contributed by atoms with van der Waals surface area (Å²) in [6.45, 7) is 3.99. The van der Waals surface area contributed by atoms with Gasteiger partial charge in [-0.2, -0.15) is 0 Å². The number of anilines is 1. The summed E-state index contributed by atoms with van der Waals surface area (Å²) in [6.07, 6.45) is 1.64. The van der Waals surface area contributed by atoms with Crippen LogP contribution in [0.25, 0.3) is 0 Å². The highest BCUT2D eigenvalue weighted by molar-refractivity contribution is 9.10. The van der Waals surface area contributed by atoms with E-state index >= 15 is 0 Å². The van der Waals surface area contributed by atoms with E-state index in [0.29, 0.717) is 12.2 Å². The number of benzene rings is 2. The summed E-state index contributed by atoms with van der Waals surface area (Å²) < 4.78 is 2.40. The van der Waals surface area contributed by atoms with Crippen molar-refractivity contribution in [1.82, 2.24) is 9.88 Å². The quantitative estimate of drug-likeness (QED) is 0.580. The molecule has 0 atom stereocenters. The van der Waals surface area contributed by atoms with Crippen LogP contribution in [-0.2, 0) is 11.3 Å². The number of hydrogen-bond acceptors (Lipinski definition) is 3. The summed E-state index contributed by atoms with van der Waals surface area (Å²) in [5.41, 5.74) is 3.22. The molecule has 2 aromatic carbocycles. The van der Waals surface area contributed by atoms with E-state index in [9.17, 15) is 14.4 Å². The van der Waals surface area contributed by atoms with Crippen molar-refractivity contribution in [2.45, 2.75) is 20.4 Å². The molecule has 6 nitrogen and oxygen atoms in total. The third-order valence-electron chi connectivity index (χ3n) is 4.57. The Balaban J connectivity index is 1.65. The Kier molecular flexibility index (Phi) is 6.84. The second kappa shape index (κ2) is 9.54. The number of halogens is 1. The largest absolute Gasteiger partial charge is 0.343 e. The summed E-state index contributed by atoms with van der Waals surface area (Å²) in [7, 11) is 0. The van der Waals surface area contributed by atoms with Gasteiger partial charge in [-0.25, -0.2) is 0 Å². The first kappa shape index (κ1) is 21.5. The second-order valence-corrected chi connectivity index (χ2v) is 7.95. The zero-order chi connectivity index (χ0) is 21.7. The van der Waals surface area contributed by atoms with E-state index in [-0.39, 0.29) is 18.0 Å². The van der Waals surface area contributed by atoms with Crippen molar-refractivity contribution in [2.75, 3.05) is 11.9 Å². The summed E-state index contributed by atoms with van der Waals surface area (Å²) in [4.78, 5) is 37.4. The lowest BCUT2D eigenvalue weighted by molar-refractivity contribution is -0.115. The first-order valence-corrected chi connectivity index (χ1v) is 10.2. The van der Waals surface area contributed by atoms with Crippen LogP contribution in [0.3, 0.4) is 0 Å². The van der Waals surface area contributed by atoms with E-state index in [2.05, 4.69) is 26.6 Å². The number of amides is 2. The predicted octanol–water partition coefficient (Wildman–Crippen LogP) is 3.64. The van der Waals surface area contributed by atoms with Crippen LogP contribution in [0, 0.1) is 13.8 Å². The molecule has 0 aliphatic rings. The molecule has 30 heavy (non-hydrogen) atoms. The van der Waals surface area contributed by atoms with Crippen molar-refractivity contribution in [3.05, 3.63) is 97.9 Å². The number of nitrogens with one attached hydrogen (secondary N) is 2. The van der Waals surface area contributed by atoms with Gasteiger partial charge in [0.1, 0.15) is 5.56 Å². The van der Waals surface area contributed by atoms with Gasteiger partial charge in [0.2, 0.25) is 5.91 Å². The molecule has 1 heterocycles. The van der Waals surface area contributed by atoms with Gasteiger partial charge in [0.15, 0.2) is 0 Å². The normalized spacial score (nSPS) is 10.5. The van der Waals surface area contributed by atoms with E-state index in [4.69, 9.17) is 0 Å². The molecule has 7 heteroatoms. The number of pyridine rings is 1. The van der Waals surface area contributed by atoms with Gasteiger partial charge in [-0.05, 0) is 55.3 Å². The van der Waals surface area contributed by atoms with E-state index in [1.54, 1.807) is 18.3 Å². The molecule has 3 aromatic rings. The Hall–Kier alpha value is -3.19. The van der Waals surface area contributed by atoms with Crippen LogP contribution < -0.4 is 16.2 Å². The monoisotopic (exact) mass is 467 g/mol. The molecule has 2 N–H and O–H groups in total. The maximum absolute atomic E-state index is 12.7. The Morgan fingerprint density at radius 2 is 1.83 bits per heavy atom. The Labute approximate surface area is 183 Å². The molecule has 0 unspecified atom stereocenters. The van der Waals surface area contributed by atoms with Gasteiger partial charge in [0, 0.05) is 16.4 Å². The van der Waals surface area contributed by atoms with Gasteiger partial charge in [-0.3, -0.25) is 14.4 Å². The van der Waals surface area contributed by atoms with Gasteiger partial charge in [-0.1, -0.05) is 45.8 Å². The smallest absolute Gasteiger partial charge is 0.263 e. The number of nitrogens with zero attached hydrogens (tertiary/aromatic N) is 1. The minimum Gasteiger partial charge on any atom is -0.343 e. The topological polar surface area (TPSA) is 80.2 Å². The van der Waals surface area contributed by atoms with Crippen molar-refractivity contribution >= 4 is 33.4 Å². The minimum absolute atomic E-state index is 0.00206. The first-order chi connectivity index (χ1) is 14.3. The highest BCUT2D eigenvalue weighted by atomic mass is 79.9. The third-order valence-corrected chi connectivity index (χ3v) is 5.07. The number of carbonyl (C=O) groups excluding carboxylic acids is 2. The number of aromatic nitrogens is 1. The van der Waals surface area contributed by atoms with Gasteiger partial charge in [0.05, 0.1) is 13.1 Å². The third kappa shape index (κ3) is 5.45. The maximum Gasteiger partial charge on any atom is 0.263 e. The van der Waals surface area contributed by atoms with Crippen LogP contribution in [0.5, 0.6) is 0 Å². The lowest BCUT2D eigenvalue weighted by Gasteiger charge is -2.11. The molecular weight excluding hydrogens is 446 g/mol. The summed E-state index contributed by atoms with van der Waals surface area (Å²) in [5.74, 6) is -0.953. The zero-order valence-electron chi connectivity index (χ0n) is 16.7. The van der Waals surface area contributed by atoms with Crippen LogP contribution in [0.15, 0.2) is 70.1 Å². The van der Waals surface area contributed by atoms with Crippen LogP contribution >= 0.6 is 15.9 Å². The number of hydrogen-bond donors (Lipinski definition) is 2. The Morgan fingerprint density at radius 1 is 1.03 bits per heavy atom. The average Bonchev–Trinajstić information content (AvgIpc) is 2.70. The minimum atomic E-state index is -0.582. The van der Waals surface area contributed by atoms with Crippen molar-refractivity contribution in [1.29, 1.82) is 0 Å². The molecule has 0 saturated carbocycles. The lowest BCUT2D eigenvalue weighted by atomic mass is 10.1. The van der Waals surface area contributed by atoms with Crippen molar-refractivity contribution < 1.29 is 9.59 Å². The molecule has 3 rings (SSSR count). The fraction of sp³-hybridized carbons (Fsp3) is 0.174. The first-order valence-electron chi connectivity index (χ1n) is 9.42. The highest BCUT2D eigenvalue weighted by Gasteiger charge is 2.14. The molecule has 0 aliphatic carbocycles. The number of rotatable bonds is 6. The van der Waals surface area contributed by atoms with Crippen molar-refractivity contribution in [3.63, 3.8) is 0 Å². The average molecular weight is 468 g/mol. The summed E-state index contributed by atoms with van der Waals surface area (Å²) >= 11 is 3.37. The van der Waals surface area contributed by atoms with E-state index in [0.717, 1.165) is 21.2 Å². The van der Waals surface area contributed by atoms with Crippen LogP contribution in [0.4, 0.5) is 5.69 Å². The maximum atomic E-state index is 12.7. The molecule has 1 aromatic heterocycles. The van der Waals surface area contributed by atoms with Crippen LogP contribution in [-0.4, -0.2) is 22.9 Å². The van der Waals surface area contributed by atoms with Gasteiger partial charge in [0.25, 0.3) is 11.5 Å². The van der Waals surface area contributed by atoms with Gasteiger partial charge in [-0.15, -0.1) is 0 Å². The molecule has 154 valence electrons. The molecule has 2 amide bonds. The van der Waals surface area contributed by atoms with Crippen LogP contribution in [0.1, 0.15) is 27.0 Å². The number of aryl methyl sites for hydroxylation is 2. The summed E-state index contributed by atoms with van der Waals surface area (Å²) in [5, 5.41) is 5.27. The Morgan fingerprint density at radius 3 is 2.57 bits per heavy atom. The van der Waals surface area contributed by atoms with Crippen LogP contribution in [0.2, 0.25) is 0 Å². The zero-order valence-corrected chi connectivity index (χ0v) is 18.3. The highest BCUT2D eigenvalue weighted by Crippen LogP contribution is 2.19. The predicted molar refractivity (Wildman–Crippen MR) is 121 cm³/mol. The molecular formula is C23H22BrN3O3. The molecule has 0 bridgehead atoms. The molecule has 0 saturated heterocycles. The van der Waals surface area contributed by atoms with Crippen molar-refractivity contribution in [2.24, 2.45) is 0 Å². The van der Waals surface area contributed by atoms with Crippen molar-refractivity contribution in [3.8, 4) is 0 Å². The molecule has 0 radical (unpaired) electrons. The van der Waals surface area contributed by atoms with E-state index < -0.39 is 11.5 Å². The molecule has 0 spiro atoms. The molecule has 0 fully saturated rings. The fourth-order valence-electron chi connectivity index (χ4n) is 3.06. The fourth-order valence-corrected chi connectivity index (χ4v) is 3.53. The van der Waals surface area contributed by atoms with Gasteiger partial charge >= 0.3 is 0 Å².